The smallest absolute Gasteiger partial charge is 0.151 e. The Balaban J connectivity index is 2.71. The van der Waals surface area contributed by atoms with Crippen LogP contribution in [0.25, 0.3) is 10.9 Å². The molecule has 0 spiro atoms. The Labute approximate surface area is 87.9 Å². The molecule has 0 aliphatic rings. The van der Waals surface area contributed by atoms with Crippen molar-refractivity contribution in [2.75, 3.05) is 5.73 Å². The first kappa shape index (κ1) is 9.90. The summed E-state index contributed by atoms with van der Waals surface area (Å²) >= 11 is 0. The second-order valence-corrected chi connectivity index (χ2v) is 4.00. The molecule has 0 bridgehead atoms. The van der Waals surface area contributed by atoms with Gasteiger partial charge in [0.15, 0.2) is 5.82 Å². The van der Waals surface area contributed by atoms with Gasteiger partial charge in [0.25, 0.3) is 0 Å². The number of aromatic nitrogens is 1. The van der Waals surface area contributed by atoms with E-state index in [1.54, 1.807) is 12.3 Å². The predicted octanol–water partition coefficient (Wildman–Crippen LogP) is 3.08. The summed E-state index contributed by atoms with van der Waals surface area (Å²) in [5, 5.41) is 0.763. The summed E-state index contributed by atoms with van der Waals surface area (Å²) in [6, 6.07) is 4.98. The molecule has 1 aromatic heterocycles. The quantitative estimate of drug-likeness (QED) is 0.725. The molecule has 0 amide bonds. The van der Waals surface area contributed by atoms with Gasteiger partial charge in [-0.3, -0.25) is 4.98 Å². The average molecular weight is 204 g/mol. The van der Waals surface area contributed by atoms with Gasteiger partial charge in [-0.25, -0.2) is 4.39 Å². The molecule has 2 nitrogen and oxygen atoms in total. The number of benzene rings is 1. The lowest BCUT2D eigenvalue weighted by Gasteiger charge is -2.07. The fourth-order valence-electron chi connectivity index (χ4n) is 1.56. The minimum Gasteiger partial charge on any atom is -0.399 e. The van der Waals surface area contributed by atoms with Crippen molar-refractivity contribution in [2.24, 2.45) is 0 Å². The van der Waals surface area contributed by atoms with Crippen LogP contribution in [0.3, 0.4) is 0 Å². The van der Waals surface area contributed by atoms with E-state index in [0.717, 1.165) is 10.9 Å². The summed E-state index contributed by atoms with van der Waals surface area (Å²) in [6.07, 6.45) is 1.71. The van der Waals surface area contributed by atoms with Gasteiger partial charge in [-0.05, 0) is 29.7 Å². The third-order valence-corrected chi connectivity index (χ3v) is 2.45. The molecule has 2 rings (SSSR count). The molecule has 2 aromatic rings. The maximum absolute atomic E-state index is 13.4. The predicted molar refractivity (Wildman–Crippen MR) is 60.2 cm³/mol. The summed E-state index contributed by atoms with van der Waals surface area (Å²) in [4.78, 5) is 4.11. The summed E-state index contributed by atoms with van der Waals surface area (Å²) in [5.74, 6) is 0.0201. The van der Waals surface area contributed by atoms with Crippen LogP contribution in [0.5, 0.6) is 0 Å². The van der Waals surface area contributed by atoms with Crippen molar-refractivity contribution >= 4 is 16.6 Å². The number of anilines is 1. The number of fused-ring (bicyclic) bond motifs is 1. The number of nitrogens with two attached hydrogens (primary N) is 1. The van der Waals surface area contributed by atoms with E-state index in [0.29, 0.717) is 17.1 Å². The monoisotopic (exact) mass is 204 g/mol. The van der Waals surface area contributed by atoms with Crippen LogP contribution in [0.15, 0.2) is 24.4 Å². The molecule has 0 fully saturated rings. The number of rotatable bonds is 1. The van der Waals surface area contributed by atoms with Gasteiger partial charge < -0.3 is 5.73 Å². The molecule has 0 unspecified atom stereocenters. The highest BCUT2D eigenvalue weighted by Crippen LogP contribution is 2.23. The molecule has 3 heteroatoms. The first-order valence-corrected chi connectivity index (χ1v) is 4.92. The molecule has 78 valence electrons. The zero-order valence-electron chi connectivity index (χ0n) is 8.79. The molecule has 0 saturated heterocycles. The molecular weight excluding hydrogens is 191 g/mol. The zero-order valence-corrected chi connectivity index (χ0v) is 8.79. The molecule has 0 radical (unpaired) electrons. The highest BCUT2D eigenvalue weighted by molar-refractivity contribution is 5.83. The largest absolute Gasteiger partial charge is 0.399 e. The second-order valence-electron chi connectivity index (χ2n) is 4.00. The topological polar surface area (TPSA) is 38.9 Å². The Kier molecular flexibility index (Phi) is 2.31. The van der Waals surface area contributed by atoms with Crippen LogP contribution in [0.4, 0.5) is 10.1 Å². The number of pyridine rings is 1. The molecule has 1 aromatic carbocycles. The van der Waals surface area contributed by atoms with Crippen molar-refractivity contribution in [3.05, 3.63) is 35.8 Å². The number of nitrogen functional groups attached to an aromatic ring is 1. The Morgan fingerprint density at radius 1 is 1.27 bits per heavy atom. The van der Waals surface area contributed by atoms with Gasteiger partial charge in [0.05, 0.1) is 0 Å². The van der Waals surface area contributed by atoms with Crippen molar-refractivity contribution in [1.82, 2.24) is 4.98 Å². The highest BCUT2D eigenvalue weighted by Gasteiger charge is 2.06. The number of hydrogen-bond acceptors (Lipinski definition) is 2. The molecule has 0 saturated carbocycles. The first-order chi connectivity index (χ1) is 7.08. The molecule has 0 aliphatic carbocycles. The lowest BCUT2D eigenvalue weighted by Crippen LogP contribution is -1.93. The van der Waals surface area contributed by atoms with E-state index in [2.05, 4.69) is 18.8 Å². The van der Waals surface area contributed by atoms with Crippen molar-refractivity contribution in [3.8, 4) is 0 Å². The van der Waals surface area contributed by atoms with Crippen molar-refractivity contribution in [2.45, 2.75) is 19.8 Å². The third-order valence-electron chi connectivity index (χ3n) is 2.45. The van der Waals surface area contributed by atoms with E-state index < -0.39 is 0 Å². The Morgan fingerprint density at radius 3 is 2.67 bits per heavy atom. The zero-order chi connectivity index (χ0) is 11.0. The first-order valence-electron chi connectivity index (χ1n) is 4.92. The standard InChI is InChI=1S/C12H13FN2/c1-7(2)9-3-8-4-10(14)5-11(13)12(8)15-6-9/h3-7H,14H2,1-2H3. The lowest BCUT2D eigenvalue weighted by atomic mass is 10.0. The summed E-state index contributed by atoms with van der Waals surface area (Å²) in [6.45, 7) is 4.15. The van der Waals surface area contributed by atoms with Gasteiger partial charge in [-0.15, -0.1) is 0 Å². The maximum Gasteiger partial charge on any atom is 0.151 e. The van der Waals surface area contributed by atoms with Crippen molar-refractivity contribution in [3.63, 3.8) is 0 Å². The SMILES string of the molecule is CC(C)c1cnc2c(F)cc(N)cc2c1. The van der Waals surface area contributed by atoms with Crippen molar-refractivity contribution in [1.29, 1.82) is 0 Å². The van der Waals surface area contributed by atoms with Crippen LogP contribution >= 0.6 is 0 Å². The summed E-state index contributed by atoms with van der Waals surface area (Å²) in [7, 11) is 0. The number of halogens is 1. The van der Waals surface area contributed by atoms with E-state index in [4.69, 9.17) is 5.73 Å². The lowest BCUT2D eigenvalue weighted by molar-refractivity contribution is 0.637. The summed E-state index contributed by atoms with van der Waals surface area (Å²) < 4.78 is 13.4. The summed E-state index contributed by atoms with van der Waals surface area (Å²) in [5.41, 5.74) is 7.49. The molecule has 1 heterocycles. The van der Waals surface area contributed by atoms with Crippen LogP contribution in [0.1, 0.15) is 25.3 Å². The van der Waals surface area contributed by atoms with Crippen molar-refractivity contribution < 1.29 is 4.39 Å². The fourth-order valence-corrected chi connectivity index (χ4v) is 1.56. The molecule has 2 N–H and O–H groups in total. The van der Waals surface area contributed by atoms with Gasteiger partial charge in [-0.1, -0.05) is 13.8 Å². The highest BCUT2D eigenvalue weighted by atomic mass is 19.1. The van der Waals surface area contributed by atoms with Gasteiger partial charge in [0.2, 0.25) is 0 Å². The maximum atomic E-state index is 13.4. The Morgan fingerprint density at radius 2 is 2.00 bits per heavy atom. The van der Waals surface area contributed by atoms with Crippen LogP contribution < -0.4 is 5.73 Å². The van der Waals surface area contributed by atoms with Gasteiger partial charge in [-0.2, -0.15) is 0 Å². The van der Waals surface area contributed by atoms with Gasteiger partial charge in [0.1, 0.15) is 5.52 Å². The van der Waals surface area contributed by atoms with Crippen LogP contribution in [-0.2, 0) is 0 Å². The average Bonchev–Trinajstić information content (AvgIpc) is 2.16. The van der Waals surface area contributed by atoms with Crippen LogP contribution in [-0.4, -0.2) is 4.98 Å². The normalized spacial score (nSPS) is 11.2. The van der Waals surface area contributed by atoms with Gasteiger partial charge in [0, 0.05) is 17.3 Å². The minimum atomic E-state index is -0.361. The molecule has 15 heavy (non-hydrogen) atoms. The Hall–Kier alpha value is -1.64. The van der Waals surface area contributed by atoms with Crippen LogP contribution in [0, 0.1) is 5.82 Å². The van der Waals surface area contributed by atoms with E-state index in [1.807, 2.05) is 6.07 Å². The molecule has 0 aliphatic heterocycles. The van der Waals surface area contributed by atoms with Gasteiger partial charge >= 0.3 is 0 Å². The van der Waals surface area contributed by atoms with E-state index in [1.165, 1.54) is 6.07 Å². The minimum absolute atomic E-state index is 0.361. The van der Waals surface area contributed by atoms with E-state index in [9.17, 15) is 4.39 Å². The molecular formula is C12H13FN2. The molecule has 0 atom stereocenters. The fraction of sp³-hybridized carbons (Fsp3) is 0.250. The number of nitrogens with zero attached hydrogens (tertiary/aromatic N) is 1. The van der Waals surface area contributed by atoms with Crippen LogP contribution in [0.2, 0.25) is 0 Å². The van der Waals surface area contributed by atoms with E-state index >= 15 is 0 Å². The van der Waals surface area contributed by atoms with E-state index in [-0.39, 0.29) is 5.82 Å². The second kappa shape index (κ2) is 3.50. The third kappa shape index (κ3) is 1.77. The number of hydrogen-bond donors (Lipinski definition) is 1. The Bertz CT molecular complexity index is 506.